The molecule has 1 aromatic carbocycles. The van der Waals surface area contributed by atoms with E-state index in [0.717, 1.165) is 26.1 Å². The van der Waals surface area contributed by atoms with Gasteiger partial charge in [0.15, 0.2) is 0 Å². The van der Waals surface area contributed by atoms with Gasteiger partial charge >= 0.3 is 0 Å². The summed E-state index contributed by atoms with van der Waals surface area (Å²) in [6, 6.07) is 6.93. The number of hydrogen-bond acceptors (Lipinski definition) is 2. The molecule has 1 saturated heterocycles. The summed E-state index contributed by atoms with van der Waals surface area (Å²) < 4.78 is 12.9. The lowest BCUT2D eigenvalue weighted by atomic mass is 9.94. The summed E-state index contributed by atoms with van der Waals surface area (Å²) in [7, 11) is 0. The van der Waals surface area contributed by atoms with E-state index in [4.69, 9.17) is 0 Å². The lowest BCUT2D eigenvalue weighted by Crippen LogP contribution is -2.59. The minimum absolute atomic E-state index is 0.143. The smallest absolute Gasteiger partial charge is 0.123 e. The molecule has 0 atom stereocenters. The van der Waals surface area contributed by atoms with E-state index in [2.05, 4.69) is 10.2 Å². The lowest BCUT2D eigenvalue weighted by molar-refractivity contribution is 0.136. The molecule has 0 amide bonds. The maximum absolute atomic E-state index is 12.9. The first kappa shape index (κ1) is 13.1. The summed E-state index contributed by atoms with van der Waals surface area (Å²) in [5, 5.41) is 3.74. The van der Waals surface area contributed by atoms with E-state index in [1.807, 2.05) is 12.1 Å². The van der Waals surface area contributed by atoms with Gasteiger partial charge in [-0.1, -0.05) is 25.0 Å². The molecule has 0 radical (unpaired) electrons. The minimum Gasteiger partial charge on any atom is -0.309 e. The molecule has 1 saturated carbocycles. The summed E-state index contributed by atoms with van der Waals surface area (Å²) >= 11 is 0. The lowest BCUT2D eigenvalue weighted by Gasteiger charge is -2.41. The Hall–Kier alpha value is -0.930. The molecule has 1 aliphatic carbocycles. The maximum atomic E-state index is 12.9. The molecule has 0 unspecified atom stereocenters. The Morgan fingerprint density at radius 3 is 2.63 bits per heavy atom. The number of nitrogens with one attached hydrogen (secondary N) is 1. The Labute approximate surface area is 115 Å². The van der Waals surface area contributed by atoms with E-state index in [-0.39, 0.29) is 5.82 Å². The molecule has 1 heterocycles. The normalized spacial score (nSPS) is 23.0. The first-order valence-electron chi connectivity index (χ1n) is 7.48. The molecule has 1 aliphatic heterocycles. The Morgan fingerprint density at radius 1 is 1.16 bits per heavy atom. The number of benzene rings is 1. The second-order valence-corrected chi connectivity index (χ2v) is 6.07. The van der Waals surface area contributed by atoms with E-state index < -0.39 is 0 Å². The largest absolute Gasteiger partial charge is 0.309 e. The molecule has 1 aromatic rings. The topological polar surface area (TPSA) is 15.3 Å². The Bertz CT molecular complexity index is 409. The number of hydrogen-bond donors (Lipinski definition) is 1. The van der Waals surface area contributed by atoms with Gasteiger partial charge in [-0.15, -0.1) is 0 Å². The van der Waals surface area contributed by atoms with E-state index >= 15 is 0 Å². The van der Waals surface area contributed by atoms with Gasteiger partial charge in [-0.3, -0.25) is 4.90 Å². The highest BCUT2D eigenvalue weighted by Gasteiger charge is 2.37. The molecular formula is C16H23FN2. The van der Waals surface area contributed by atoms with Crippen molar-refractivity contribution in [2.45, 2.75) is 37.6 Å². The van der Waals surface area contributed by atoms with Crippen LogP contribution in [0.25, 0.3) is 0 Å². The van der Waals surface area contributed by atoms with Gasteiger partial charge in [-0.25, -0.2) is 4.39 Å². The van der Waals surface area contributed by atoms with E-state index in [1.54, 1.807) is 12.1 Å². The van der Waals surface area contributed by atoms with Gasteiger partial charge in [0.1, 0.15) is 5.82 Å². The quantitative estimate of drug-likeness (QED) is 0.900. The van der Waals surface area contributed by atoms with Gasteiger partial charge < -0.3 is 5.32 Å². The predicted octanol–water partition coefficient (Wildman–Crippen LogP) is 2.59. The highest BCUT2D eigenvalue weighted by Crippen LogP contribution is 2.31. The summed E-state index contributed by atoms with van der Waals surface area (Å²) in [5.41, 5.74) is 1.64. The highest BCUT2D eigenvalue weighted by atomic mass is 19.1. The van der Waals surface area contributed by atoms with Crippen LogP contribution < -0.4 is 5.32 Å². The number of piperazine rings is 1. The van der Waals surface area contributed by atoms with Crippen molar-refractivity contribution in [2.75, 3.05) is 26.2 Å². The van der Waals surface area contributed by atoms with Crippen molar-refractivity contribution < 1.29 is 4.39 Å². The van der Waals surface area contributed by atoms with Crippen LogP contribution in [-0.4, -0.2) is 36.6 Å². The van der Waals surface area contributed by atoms with Gasteiger partial charge in [0.2, 0.25) is 0 Å². The van der Waals surface area contributed by atoms with Crippen LogP contribution in [0.5, 0.6) is 0 Å². The molecule has 2 fully saturated rings. The summed E-state index contributed by atoms with van der Waals surface area (Å²) in [5.74, 6) is -0.143. The fourth-order valence-corrected chi connectivity index (χ4v) is 3.56. The second kappa shape index (κ2) is 5.59. The molecule has 1 spiro atoms. The Morgan fingerprint density at radius 2 is 1.89 bits per heavy atom. The van der Waals surface area contributed by atoms with Crippen LogP contribution in [-0.2, 0) is 6.42 Å². The minimum atomic E-state index is -0.143. The molecule has 1 N–H and O–H groups in total. The third-order valence-corrected chi connectivity index (χ3v) is 4.64. The molecule has 19 heavy (non-hydrogen) atoms. The summed E-state index contributed by atoms with van der Waals surface area (Å²) in [4.78, 5) is 2.57. The maximum Gasteiger partial charge on any atom is 0.123 e. The van der Waals surface area contributed by atoms with Gasteiger partial charge in [0.05, 0.1) is 0 Å². The van der Waals surface area contributed by atoms with Crippen molar-refractivity contribution in [3.63, 3.8) is 0 Å². The zero-order valence-corrected chi connectivity index (χ0v) is 11.5. The van der Waals surface area contributed by atoms with Crippen LogP contribution in [0.1, 0.15) is 31.2 Å². The molecular weight excluding hydrogens is 239 g/mol. The SMILES string of the molecule is Fc1ccc(CCN2CCNC3(CCCC3)C2)cc1. The van der Waals surface area contributed by atoms with Gasteiger partial charge in [-0.2, -0.15) is 0 Å². The molecule has 104 valence electrons. The summed E-state index contributed by atoms with van der Waals surface area (Å²) in [6.07, 6.45) is 6.44. The fraction of sp³-hybridized carbons (Fsp3) is 0.625. The molecule has 3 heteroatoms. The van der Waals surface area contributed by atoms with Crippen LogP contribution in [0.15, 0.2) is 24.3 Å². The predicted molar refractivity (Wildman–Crippen MR) is 75.7 cm³/mol. The zero-order chi connectivity index (χ0) is 13.1. The average Bonchev–Trinajstić information content (AvgIpc) is 2.86. The fourth-order valence-electron chi connectivity index (χ4n) is 3.56. The molecule has 0 aromatic heterocycles. The number of halogens is 1. The van der Waals surface area contributed by atoms with E-state index in [0.29, 0.717) is 5.54 Å². The van der Waals surface area contributed by atoms with Crippen molar-refractivity contribution in [2.24, 2.45) is 0 Å². The van der Waals surface area contributed by atoms with Crippen molar-refractivity contribution in [3.05, 3.63) is 35.6 Å². The molecule has 2 aliphatic rings. The third kappa shape index (κ3) is 3.15. The van der Waals surface area contributed by atoms with E-state index in [9.17, 15) is 4.39 Å². The van der Waals surface area contributed by atoms with Gasteiger partial charge in [-0.05, 0) is 37.0 Å². The molecule has 2 nitrogen and oxygen atoms in total. The van der Waals surface area contributed by atoms with Crippen molar-refractivity contribution >= 4 is 0 Å². The average molecular weight is 262 g/mol. The van der Waals surface area contributed by atoms with Crippen LogP contribution in [0.4, 0.5) is 4.39 Å². The number of rotatable bonds is 3. The number of nitrogens with zero attached hydrogens (tertiary/aromatic N) is 1. The van der Waals surface area contributed by atoms with Crippen molar-refractivity contribution in [3.8, 4) is 0 Å². The van der Waals surface area contributed by atoms with Crippen molar-refractivity contribution in [1.29, 1.82) is 0 Å². The Kier molecular flexibility index (Phi) is 3.85. The first-order chi connectivity index (χ1) is 9.26. The summed E-state index contributed by atoms with van der Waals surface area (Å²) in [6.45, 7) is 4.54. The van der Waals surface area contributed by atoms with Crippen LogP contribution in [0.3, 0.4) is 0 Å². The van der Waals surface area contributed by atoms with Crippen LogP contribution >= 0.6 is 0 Å². The van der Waals surface area contributed by atoms with E-state index in [1.165, 1.54) is 37.8 Å². The monoisotopic (exact) mass is 262 g/mol. The molecule has 3 rings (SSSR count). The van der Waals surface area contributed by atoms with Crippen LogP contribution in [0.2, 0.25) is 0 Å². The Balaban J connectivity index is 1.53. The third-order valence-electron chi connectivity index (χ3n) is 4.64. The standard InChI is InChI=1S/C16H23FN2/c17-15-5-3-14(4-6-15)7-11-19-12-10-18-16(13-19)8-1-2-9-16/h3-6,18H,1-2,7-13H2. The molecule has 0 bridgehead atoms. The highest BCUT2D eigenvalue weighted by molar-refractivity contribution is 5.16. The van der Waals surface area contributed by atoms with Crippen molar-refractivity contribution in [1.82, 2.24) is 10.2 Å². The zero-order valence-electron chi connectivity index (χ0n) is 11.5. The van der Waals surface area contributed by atoms with Gasteiger partial charge in [0, 0.05) is 31.7 Å². The van der Waals surface area contributed by atoms with Crippen LogP contribution in [0, 0.1) is 5.82 Å². The second-order valence-electron chi connectivity index (χ2n) is 6.07. The van der Waals surface area contributed by atoms with Gasteiger partial charge in [0.25, 0.3) is 0 Å². The first-order valence-corrected chi connectivity index (χ1v) is 7.48.